The van der Waals surface area contributed by atoms with Gasteiger partial charge >= 0.3 is 0 Å². The lowest BCUT2D eigenvalue weighted by molar-refractivity contribution is 0.101. The molecule has 1 aromatic heterocycles. The summed E-state index contributed by atoms with van der Waals surface area (Å²) < 4.78 is 70.8. The predicted octanol–water partition coefficient (Wildman–Crippen LogP) is 3.44. The first-order valence-electron chi connectivity index (χ1n) is 11.1. The Morgan fingerprint density at radius 1 is 1.15 bits per heavy atom. The van der Waals surface area contributed by atoms with Crippen molar-refractivity contribution in [3.05, 3.63) is 41.7 Å². The molecule has 0 N–H and O–H groups in total. The van der Waals surface area contributed by atoms with Crippen LogP contribution < -0.4 is 8.61 Å². The number of alkyl halides is 2. The highest BCUT2D eigenvalue weighted by Gasteiger charge is 2.57. The van der Waals surface area contributed by atoms with Crippen LogP contribution in [0.25, 0.3) is 11.3 Å². The van der Waals surface area contributed by atoms with Crippen LogP contribution in [0.3, 0.4) is 0 Å². The molecule has 1 unspecified atom stereocenters. The number of pyridine rings is 1. The largest absolute Gasteiger partial charge is 0.296 e. The molecule has 2 aliphatic heterocycles. The lowest BCUT2D eigenvalue weighted by atomic mass is 10.1. The van der Waals surface area contributed by atoms with Crippen molar-refractivity contribution in [3.63, 3.8) is 0 Å². The first-order chi connectivity index (χ1) is 16.0. The summed E-state index contributed by atoms with van der Waals surface area (Å²) in [5, 5.41) is 0. The second-order valence-electron chi connectivity index (χ2n) is 9.06. The van der Waals surface area contributed by atoms with Gasteiger partial charge in [-0.25, -0.2) is 26.6 Å². The minimum atomic E-state index is -3.22. The summed E-state index contributed by atoms with van der Waals surface area (Å²) in [6.45, 7) is 2.46. The topological polar surface area (TPSA) is 60.0 Å². The molecule has 0 spiro atoms. The smallest absolute Gasteiger partial charge is 0.253 e. The van der Waals surface area contributed by atoms with E-state index >= 15 is 4.39 Å². The van der Waals surface area contributed by atoms with Gasteiger partial charge in [0.25, 0.3) is 5.92 Å². The van der Waals surface area contributed by atoms with Crippen molar-refractivity contribution in [2.24, 2.45) is 5.92 Å². The van der Waals surface area contributed by atoms with E-state index in [0.29, 0.717) is 55.4 Å². The summed E-state index contributed by atoms with van der Waals surface area (Å²) in [6.07, 6.45) is 1.11. The van der Waals surface area contributed by atoms with Crippen molar-refractivity contribution in [1.82, 2.24) is 14.2 Å². The van der Waals surface area contributed by atoms with Crippen molar-refractivity contribution in [1.29, 1.82) is 0 Å². The second-order valence-corrected chi connectivity index (χ2v) is 12.2. The highest BCUT2D eigenvalue weighted by molar-refractivity contribution is 8.02. The molecule has 34 heavy (non-hydrogen) atoms. The summed E-state index contributed by atoms with van der Waals surface area (Å²) in [6, 6.07) is 8.73. The van der Waals surface area contributed by atoms with Crippen molar-refractivity contribution in [2.75, 3.05) is 54.6 Å². The average Bonchev–Trinajstić information content (AvgIpc) is 3.26. The summed E-state index contributed by atoms with van der Waals surface area (Å²) in [5.41, 5.74) is 2.12. The molecule has 1 aliphatic carbocycles. The van der Waals surface area contributed by atoms with Crippen LogP contribution in [0.2, 0.25) is 0 Å². The van der Waals surface area contributed by atoms with Gasteiger partial charge in [-0.3, -0.25) is 13.5 Å². The molecule has 184 valence electrons. The van der Waals surface area contributed by atoms with E-state index < -0.39 is 21.9 Å². The summed E-state index contributed by atoms with van der Waals surface area (Å²) in [4.78, 5) is 6.69. The van der Waals surface area contributed by atoms with Crippen LogP contribution in [0.15, 0.2) is 30.3 Å². The fourth-order valence-corrected chi connectivity index (χ4v) is 6.22. The third-order valence-electron chi connectivity index (χ3n) is 6.53. The van der Waals surface area contributed by atoms with Gasteiger partial charge in [0.05, 0.1) is 29.8 Å². The fourth-order valence-electron chi connectivity index (χ4n) is 4.41. The van der Waals surface area contributed by atoms with Crippen LogP contribution in [0, 0.1) is 11.7 Å². The molecule has 1 aromatic carbocycles. The zero-order valence-electron chi connectivity index (χ0n) is 18.9. The van der Waals surface area contributed by atoms with Crippen LogP contribution in [0.5, 0.6) is 0 Å². The van der Waals surface area contributed by atoms with Crippen LogP contribution in [-0.4, -0.2) is 74.6 Å². The van der Waals surface area contributed by atoms with Gasteiger partial charge in [0.15, 0.2) is 5.82 Å². The summed E-state index contributed by atoms with van der Waals surface area (Å²) in [5.74, 6) is -2.97. The third-order valence-corrected chi connectivity index (χ3v) is 8.80. The Balaban J connectivity index is 1.32. The maximum Gasteiger partial charge on any atom is 0.253 e. The lowest BCUT2D eigenvalue weighted by Crippen LogP contribution is -2.47. The molecule has 12 heteroatoms. The van der Waals surface area contributed by atoms with Gasteiger partial charge in [0.1, 0.15) is 5.82 Å². The minimum absolute atomic E-state index is 0.0874. The Bertz CT molecular complexity index is 1210. The van der Waals surface area contributed by atoms with Crippen LogP contribution in [0.1, 0.15) is 12.0 Å². The zero-order valence-corrected chi connectivity index (χ0v) is 20.5. The molecule has 7 nitrogen and oxygen atoms in total. The van der Waals surface area contributed by atoms with E-state index in [1.54, 1.807) is 24.3 Å². The summed E-state index contributed by atoms with van der Waals surface area (Å²) >= 11 is 1.32. The number of fused-ring (bicyclic) bond motifs is 1. The molecule has 2 aromatic rings. The molecule has 1 saturated heterocycles. The Kier molecular flexibility index (Phi) is 5.98. The maximum atomic E-state index is 15.5. The molecule has 2 fully saturated rings. The van der Waals surface area contributed by atoms with E-state index in [4.69, 9.17) is 0 Å². The number of sulfonamides is 1. The van der Waals surface area contributed by atoms with E-state index in [1.807, 2.05) is 26.6 Å². The number of hydrogen-bond donors (Lipinski definition) is 0. The van der Waals surface area contributed by atoms with Gasteiger partial charge in [-0.05, 0) is 18.2 Å². The maximum absolute atomic E-state index is 15.5. The van der Waals surface area contributed by atoms with Gasteiger partial charge in [0.2, 0.25) is 10.0 Å². The molecule has 0 radical (unpaired) electrons. The molecule has 0 amide bonds. The van der Waals surface area contributed by atoms with Crippen LogP contribution in [-0.2, 0) is 16.6 Å². The van der Waals surface area contributed by atoms with E-state index in [1.165, 1.54) is 22.7 Å². The monoisotopic (exact) mass is 513 g/mol. The second kappa shape index (κ2) is 8.58. The van der Waals surface area contributed by atoms with Gasteiger partial charge in [-0.15, -0.1) is 0 Å². The molecule has 3 heterocycles. The average molecular weight is 514 g/mol. The Morgan fingerprint density at radius 2 is 1.85 bits per heavy atom. The molecular weight excluding hydrogens is 487 g/mol. The normalized spacial score (nSPS) is 22.8. The number of benzene rings is 1. The van der Waals surface area contributed by atoms with Gasteiger partial charge in [-0.1, -0.05) is 12.1 Å². The van der Waals surface area contributed by atoms with Crippen molar-refractivity contribution in [3.8, 4) is 11.3 Å². The molecule has 1 saturated carbocycles. The first kappa shape index (κ1) is 23.7. The van der Waals surface area contributed by atoms with Crippen molar-refractivity contribution in [2.45, 2.75) is 18.9 Å². The Morgan fingerprint density at radius 3 is 2.50 bits per heavy atom. The quantitative estimate of drug-likeness (QED) is 0.549. The fraction of sp³-hybridized carbons (Fsp3) is 0.500. The van der Waals surface area contributed by atoms with Crippen LogP contribution in [0.4, 0.5) is 24.7 Å². The number of halogens is 3. The zero-order chi connectivity index (χ0) is 24.3. The van der Waals surface area contributed by atoms with Gasteiger partial charge in [-0.2, -0.15) is 4.31 Å². The molecular formula is C22H26F3N5O2S2. The molecule has 5 rings (SSSR count). The number of nitrogens with zero attached hydrogens (tertiary/aromatic N) is 5. The Hall–Kier alpha value is -2.02. The van der Waals surface area contributed by atoms with Crippen LogP contribution >= 0.6 is 12.1 Å². The predicted molar refractivity (Wildman–Crippen MR) is 128 cm³/mol. The highest BCUT2D eigenvalue weighted by Crippen LogP contribution is 2.52. The van der Waals surface area contributed by atoms with Crippen molar-refractivity contribution < 1.29 is 21.6 Å². The number of rotatable bonds is 6. The standard InChI is InChI=1S/C22H26F3N5O2S2/c1-27-21-19(30(33-27)14-16-12-22(16,24)25)7-6-18(26-21)17-5-3-4-15(20(17)23)13-28-8-10-29(11-9-28)34(2,31)32/h3-7,16H,8-14H2,1-2H3. The number of piperazine rings is 1. The first-order valence-corrected chi connectivity index (χ1v) is 13.6. The minimum Gasteiger partial charge on any atom is -0.296 e. The number of aromatic nitrogens is 1. The van der Waals surface area contributed by atoms with E-state index in [9.17, 15) is 17.2 Å². The van der Waals surface area contributed by atoms with Crippen molar-refractivity contribution >= 4 is 33.7 Å². The highest BCUT2D eigenvalue weighted by atomic mass is 32.2. The van der Waals surface area contributed by atoms with Gasteiger partial charge in [0, 0.05) is 69.8 Å². The SMILES string of the molecule is CN1SN(CC2CC2(F)F)c2ccc(-c3cccc(CN4CCN(S(C)(=O)=O)CC4)c3F)nc21. The number of hydrogen-bond acceptors (Lipinski definition) is 7. The summed E-state index contributed by atoms with van der Waals surface area (Å²) in [7, 11) is -1.40. The lowest BCUT2D eigenvalue weighted by Gasteiger charge is -2.33. The van der Waals surface area contributed by atoms with E-state index in [-0.39, 0.29) is 18.8 Å². The Labute approximate surface area is 201 Å². The molecule has 1 atom stereocenters. The third kappa shape index (κ3) is 4.60. The molecule has 3 aliphatic rings. The number of anilines is 2. The van der Waals surface area contributed by atoms with Gasteiger partial charge < -0.3 is 0 Å². The van der Waals surface area contributed by atoms with E-state index in [2.05, 4.69) is 4.98 Å². The molecule has 0 bridgehead atoms. The van der Waals surface area contributed by atoms with E-state index in [0.717, 1.165) is 5.69 Å².